The molecule has 1 saturated carbocycles. The van der Waals surface area contributed by atoms with Crippen LogP contribution in [0.2, 0.25) is 0 Å². The van der Waals surface area contributed by atoms with Crippen molar-refractivity contribution in [2.24, 2.45) is 10.9 Å². The first-order chi connectivity index (χ1) is 12.3. The number of aromatic nitrogens is 2. The van der Waals surface area contributed by atoms with Crippen LogP contribution in [0, 0.1) is 5.92 Å². The van der Waals surface area contributed by atoms with Gasteiger partial charge < -0.3 is 19.9 Å². The SMILES string of the molecule is CCNC(=NCCOCC1CC1)N1CCN(c2nc(CC)ns2)CC1. The van der Waals surface area contributed by atoms with Gasteiger partial charge in [0.25, 0.3) is 0 Å². The quantitative estimate of drug-likeness (QED) is 0.428. The fourth-order valence-corrected chi connectivity index (χ4v) is 3.60. The fraction of sp³-hybridized carbons (Fsp3) is 0.824. The molecule has 1 aliphatic carbocycles. The second-order valence-corrected chi connectivity index (χ2v) is 7.31. The van der Waals surface area contributed by atoms with E-state index in [4.69, 9.17) is 9.73 Å². The van der Waals surface area contributed by atoms with E-state index >= 15 is 0 Å². The molecule has 0 spiro atoms. The number of guanidine groups is 1. The summed E-state index contributed by atoms with van der Waals surface area (Å²) in [7, 11) is 0. The van der Waals surface area contributed by atoms with Crippen LogP contribution in [0.4, 0.5) is 5.13 Å². The third kappa shape index (κ3) is 5.54. The Bertz CT molecular complexity index is 551. The summed E-state index contributed by atoms with van der Waals surface area (Å²) in [6.07, 6.45) is 3.58. The van der Waals surface area contributed by atoms with Crippen LogP contribution >= 0.6 is 11.5 Å². The molecular weight excluding hydrogens is 336 g/mol. The molecule has 2 fully saturated rings. The zero-order valence-electron chi connectivity index (χ0n) is 15.4. The van der Waals surface area contributed by atoms with Crippen molar-refractivity contribution in [1.82, 2.24) is 19.6 Å². The Kier molecular flexibility index (Phi) is 6.86. The summed E-state index contributed by atoms with van der Waals surface area (Å²) >= 11 is 1.51. The smallest absolute Gasteiger partial charge is 0.205 e. The number of nitrogens with one attached hydrogen (secondary N) is 1. The Balaban J connectivity index is 1.45. The largest absolute Gasteiger partial charge is 0.379 e. The molecule has 1 aromatic heterocycles. The Morgan fingerprint density at radius 1 is 1.28 bits per heavy atom. The van der Waals surface area contributed by atoms with Crippen molar-refractivity contribution >= 4 is 22.6 Å². The van der Waals surface area contributed by atoms with E-state index in [0.717, 1.165) is 81.7 Å². The lowest BCUT2D eigenvalue weighted by Gasteiger charge is -2.36. The molecule has 8 heteroatoms. The highest BCUT2D eigenvalue weighted by atomic mass is 32.1. The Morgan fingerprint density at radius 3 is 2.72 bits per heavy atom. The maximum atomic E-state index is 5.69. The van der Waals surface area contributed by atoms with Crippen molar-refractivity contribution in [2.45, 2.75) is 33.1 Å². The Labute approximate surface area is 154 Å². The maximum Gasteiger partial charge on any atom is 0.205 e. The van der Waals surface area contributed by atoms with E-state index in [9.17, 15) is 0 Å². The number of hydrogen-bond donors (Lipinski definition) is 1. The standard InChI is InChI=1S/C17H30N6OS/c1-3-15-20-17(25-21-15)23-10-8-22(9-11-23)16(18-4-2)19-7-12-24-13-14-5-6-14/h14H,3-13H2,1-2H3,(H,18,19). The van der Waals surface area contributed by atoms with Gasteiger partial charge in [-0.1, -0.05) is 6.92 Å². The van der Waals surface area contributed by atoms with Gasteiger partial charge in [-0.3, -0.25) is 4.99 Å². The van der Waals surface area contributed by atoms with Crippen molar-refractivity contribution in [3.8, 4) is 0 Å². The first-order valence-corrected chi connectivity index (χ1v) is 10.3. The summed E-state index contributed by atoms with van der Waals surface area (Å²) in [4.78, 5) is 14.0. The lowest BCUT2D eigenvalue weighted by atomic mass is 10.3. The van der Waals surface area contributed by atoms with Crippen molar-refractivity contribution in [3.05, 3.63) is 5.82 Å². The van der Waals surface area contributed by atoms with Gasteiger partial charge in [0.2, 0.25) is 5.13 Å². The molecule has 0 atom stereocenters. The minimum absolute atomic E-state index is 0.718. The highest BCUT2D eigenvalue weighted by Gasteiger charge is 2.22. The number of hydrogen-bond acceptors (Lipinski definition) is 6. The molecule has 2 aliphatic rings. The van der Waals surface area contributed by atoms with Gasteiger partial charge >= 0.3 is 0 Å². The molecule has 1 aliphatic heterocycles. The number of nitrogens with zero attached hydrogens (tertiary/aromatic N) is 5. The van der Waals surface area contributed by atoms with E-state index in [-0.39, 0.29) is 0 Å². The Hall–Kier alpha value is -1.41. The van der Waals surface area contributed by atoms with Crippen LogP contribution in [0.15, 0.2) is 4.99 Å². The molecule has 2 heterocycles. The van der Waals surface area contributed by atoms with Crippen LogP contribution in [0.3, 0.4) is 0 Å². The first kappa shape index (κ1) is 18.4. The third-order valence-electron chi connectivity index (χ3n) is 4.51. The van der Waals surface area contributed by atoms with Gasteiger partial charge in [0.1, 0.15) is 5.82 Å². The highest BCUT2D eigenvalue weighted by molar-refractivity contribution is 7.09. The lowest BCUT2D eigenvalue weighted by Crippen LogP contribution is -2.52. The van der Waals surface area contributed by atoms with Gasteiger partial charge in [-0.05, 0) is 25.7 Å². The van der Waals surface area contributed by atoms with Crippen LogP contribution in [-0.4, -0.2) is 72.7 Å². The molecule has 0 unspecified atom stereocenters. The Morgan fingerprint density at radius 2 is 2.08 bits per heavy atom. The molecule has 3 rings (SSSR count). The van der Waals surface area contributed by atoms with Crippen molar-refractivity contribution in [1.29, 1.82) is 0 Å². The van der Waals surface area contributed by atoms with Crippen LogP contribution in [0.5, 0.6) is 0 Å². The molecular formula is C17H30N6OS. The monoisotopic (exact) mass is 366 g/mol. The van der Waals surface area contributed by atoms with Gasteiger partial charge in [-0.2, -0.15) is 4.37 Å². The van der Waals surface area contributed by atoms with Crippen molar-refractivity contribution in [2.75, 3.05) is 57.4 Å². The molecule has 0 aromatic carbocycles. The van der Waals surface area contributed by atoms with E-state index in [1.807, 2.05) is 0 Å². The van der Waals surface area contributed by atoms with Crippen molar-refractivity contribution in [3.63, 3.8) is 0 Å². The molecule has 7 nitrogen and oxygen atoms in total. The van der Waals surface area contributed by atoms with Gasteiger partial charge in [-0.15, -0.1) is 0 Å². The molecule has 0 bridgehead atoms. The van der Waals surface area contributed by atoms with E-state index in [2.05, 4.69) is 38.3 Å². The van der Waals surface area contributed by atoms with Crippen LogP contribution in [0.25, 0.3) is 0 Å². The summed E-state index contributed by atoms with van der Waals surface area (Å²) in [6.45, 7) is 11.3. The topological polar surface area (TPSA) is 65.9 Å². The highest BCUT2D eigenvalue weighted by Crippen LogP contribution is 2.28. The zero-order valence-corrected chi connectivity index (χ0v) is 16.2. The van der Waals surface area contributed by atoms with E-state index in [1.54, 1.807) is 0 Å². The number of piperazine rings is 1. The second-order valence-electron chi connectivity index (χ2n) is 6.57. The molecule has 1 aromatic rings. The number of rotatable bonds is 8. The predicted molar refractivity (Wildman–Crippen MR) is 103 cm³/mol. The average molecular weight is 367 g/mol. The average Bonchev–Trinajstić information content (AvgIpc) is 3.34. The summed E-state index contributed by atoms with van der Waals surface area (Å²) in [6, 6.07) is 0. The lowest BCUT2D eigenvalue weighted by molar-refractivity contribution is 0.131. The number of ether oxygens (including phenoxy) is 1. The first-order valence-electron chi connectivity index (χ1n) is 9.48. The summed E-state index contributed by atoms with van der Waals surface area (Å²) < 4.78 is 10.1. The number of anilines is 1. The molecule has 140 valence electrons. The van der Waals surface area contributed by atoms with Gasteiger partial charge in [0, 0.05) is 57.3 Å². The molecule has 25 heavy (non-hydrogen) atoms. The van der Waals surface area contributed by atoms with Gasteiger partial charge in [0.15, 0.2) is 5.96 Å². The molecule has 1 N–H and O–H groups in total. The van der Waals surface area contributed by atoms with Gasteiger partial charge in [-0.25, -0.2) is 4.98 Å². The van der Waals surface area contributed by atoms with Crippen LogP contribution in [0.1, 0.15) is 32.5 Å². The molecule has 1 saturated heterocycles. The van der Waals surface area contributed by atoms with Gasteiger partial charge in [0.05, 0.1) is 13.2 Å². The minimum atomic E-state index is 0.718. The zero-order chi connectivity index (χ0) is 17.5. The third-order valence-corrected chi connectivity index (χ3v) is 5.32. The van der Waals surface area contributed by atoms with E-state index < -0.39 is 0 Å². The van der Waals surface area contributed by atoms with E-state index in [0.29, 0.717) is 0 Å². The van der Waals surface area contributed by atoms with Crippen LogP contribution < -0.4 is 10.2 Å². The summed E-state index contributed by atoms with van der Waals surface area (Å²) in [5.41, 5.74) is 0. The normalized spacial score (nSPS) is 18.7. The second kappa shape index (κ2) is 9.33. The number of aliphatic imine (C=N–C) groups is 1. The summed E-state index contributed by atoms with van der Waals surface area (Å²) in [5.74, 6) is 2.77. The number of aryl methyl sites for hydroxylation is 1. The predicted octanol–water partition coefficient (Wildman–Crippen LogP) is 1.61. The fourth-order valence-electron chi connectivity index (χ4n) is 2.80. The van der Waals surface area contributed by atoms with E-state index in [1.165, 1.54) is 24.4 Å². The summed E-state index contributed by atoms with van der Waals surface area (Å²) in [5, 5.41) is 4.46. The molecule has 0 amide bonds. The van der Waals surface area contributed by atoms with Crippen LogP contribution in [-0.2, 0) is 11.2 Å². The minimum Gasteiger partial charge on any atom is -0.379 e. The molecule has 0 radical (unpaired) electrons. The van der Waals surface area contributed by atoms with Crippen molar-refractivity contribution < 1.29 is 4.74 Å². The maximum absolute atomic E-state index is 5.69.